The molecule has 0 saturated carbocycles. The van der Waals surface area contributed by atoms with E-state index < -0.39 is 0 Å². The number of para-hydroxylation sites is 1. The van der Waals surface area contributed by atoms with Crippen LogP contribution in [0.15, 0.2) is 42.5 Å². The molecule has 0 fully saturated rings. The second-order valence-electron chi connectivity index (χ2n) is 5.02. The number of nitro benzene ring substituents is 1. The summed E-state index contributed by atoms with van der Waals surface area (Å²) < 4.78 is 0. The lowest BCUT2D eigenvalue weighted by atomic mass is 9.99. The predicted octanol–water partition coefficient (Wildman–Crippen LogP) is 2.44. The molecule has 1 aliphatic heterocycles. The highest BCUT2D eigenvalue weighted by Crippen LogP contribution is 2.37. The number of nitrogens with one attached hydrogen (secondary N) is 1. The molecule has 0 radical (unpaired) electrons. The van der Waals surface area contributed by atoms with Gasteiger partial charge in [-0.3, -0.25) is 16.0 Å². The molecule has 6 nitrogen and oxygen atoms in total. The molecule has 2 aromatic carbocycles. The maximum Gasteiger partial charge on any atom is 0.316 e. The molecule has 0 saturated heterocycles. The van der Waals surface area contributed by atoms with E-state index in [9.17, 15) is 10.1 Å². The molecule has 2 aromatic rings. The fourth-order valence-corrected chi connectivity index (χ4v) is 2.80. The second-order valence-corrected chi connectivity index (χ2v) is 5.02. The lowest BCUT2D eigenvalue weighted by Gasteiger charge is -2.30. The van der Waals surface area contributed by atoms with Crippen LogP contribution in [-0.4, -0.2) is 11.5 Å². The number of anilines is 2. The Morgan fingerprint density at radius 2 is 1.90 bits per heavy atom. The van der Waals surface area contributed by atoms with Crippen LogP contribution in [0.25, 0.3) is 0 Å². The van der Waals surface area contributed by atoms with Gasteiger partial charge in [-0.25, -0.2) is 0 Å². The lowest BCUT2D eigenvalue weighted by molar-refractivity contribution is -0.383. The van der Waals surface area contributed by atoms with Gasteiger partial charge in [-0.2, -0.15) is 0 Å². The van der Waals surface area contributed by atoms with E-state index in [1.54, 1.807) is 18.2 Å². The largest absolute Gasteiger partial charge is 0.361 e. The highest BCUT2D eigenvalue weighted by molar-refractivity contribution is 5.77. The minimum atomic E-state index is -0.384. The number of hydrogen-bond acceptors (Lipinski definition) is 5. The zero-order valence-corrected chi connectivity index (χ0v) is 11.5. The van der Waals surface area contributed by atoms with Crippen molar-refractivity contribution in [3.63, 3.8) is 0 Å². The van der Waals surface area contributed by atoms with E-state index in [2.05, 4.69) is 17.6 Å². The Kier molecular flexibility index (Phi) is 3.45. The van der Waals surface area contributed by atoms with Gasteiger partial charge >= 0.3 is 5.69 Å². The molecule has 6 heteroatoms. The maximum atomic E-state index is 11.4. The van der Waals surface area contributed by atoms with Gasteiger partial charge in [0.1, 0.15) is 11.4 Å². The van der Waals surface area contributed by atoms with E-state index >= 15 is 0 Å². The molecule has 108 valence electrons. The van der Waals surface area contributed by atoms with Gasteiger partial charge in [0.05, 0.1) is 4.92 Å². The number of fused-ring (bicyclic) bond motifs is 1. The van der Waals surface area contributed by atoms with Crippen LogP contribution in [0.4, 0.5) is 17.1 Å². The Morgan fingerprint density at radius 1 is 1.14 bits per heavy atom. The van der Waals surface area contributed by atoms with E-state index in [1.807, 2.05) is 17.0 Å². The fourth-order valence-electron chi connectivity index (χ4n) is 2.80. The SMILES string of the molecule is NNc1cccc(N2CCc3ccccc3C2)c1[N+](=O)[O-]. The summed E-state index contributed by atoms with van der Waals surface area (Å²) in [6.07, 6.45) is 0.883. The van der Waals surface area contributed by atoms with E-state index in [-0.39, 0.29) is 10.6 Å². The molecule has 0 bridgehead atoms. The maximum absolute atomic E-state index is 11.4. The Morgan fingerprint density at radius 3 is 2.62 bits per heavy atom. The van der Waals surface area contributed by atoms with Crippen LogP contribution < -0.4 is 16.2 Å². The third-order valence-electron chi connectivity index (χ3n) is 3.82. The second kappa shape index (κ2) is 5.41. The minimum Gasteiger partial charge on any atom is -0.361 e. The van der Waals surface area contributed by atoms with Crippen molar-refractivity contribution in [3.8, 4) is 0 Å². The molecule has 0 amide bonds. The van der Waals surface area contributed by atoms with Crippen LogP contribution in [0.5, 0.6) is 0 Å². The summed E-state index contributed by atoms with van der Waals surface area (Å²) in [7, 11) is 0. The number of nitrogen functional groups attached to an aromatic ring is 1. The number of nitro groups is 1. The van der Waals surface area contributed by atoms with E-state index in [0.717, 1.165) is 13.0 Å². The first-order chi connectivity index (χ1) is 10.2. The first-order valence-corrected chi connectivity index (χ1v) is 6.76. The molecule has 3 rings (SSSR count). The topological polar surface area (TPSA) is 84.4 Å². The Hall–Kier alpha value is -2.60. The Bertz CT molecular complexity index is 687. The number of rotatable bonds is 3. The number of nitrogens with two attached hydrogens (primary N) is 1. The summed E-state index contributed by atoms with van der Waals surface area (Å²) in [4.78, 5) is 13.0. The molecule has 0 atom stereocenters. The van der Waals surface area contributed by atoms with Crippen molar-refractivity contribution < 1.29 is 4.92 Å². The summed E-state index contributed by atoms with van der Waals surface area (Å²) in [6, 6.07) is 13.4. The van der Waals surface area contributed by atoms with Crippen LogP contribution in [0, 0.1) is 10.1 Å². The van der Waals surface area contributed by atoms with Crippen LogP contribution in [-0.2, 0) is 13.0 Å². The monoisotopic (exact) mass is 284 g/mol. The number of hydrazine groups is 1. The van der Waals surface area contributed by atoms with Gasteiger partial charge in [-0.15, -0.1) is 0 Å². The quantitative estimate of drug-likeness (QED) is 0.514. The molecule has 0 aliphatic carbocycles. The van der Waals surface area contributed by atoms with Gasteiger partial charge in [-0.1, -0.05) is 30.3 Å². The fraction of sp³-hybridized carbons (Fsp3) is 0.200. The zero-order chi connectivity index (χ0) is 14.8. The summed E-state index contributed by atoms with van der Waals surface area (Å²) in [6.45, 7) is 1.43. The molecule has 1 heterocycles. The Balaban J connectivity index is 2.01. The summed E-state index contributed by atoms with van der Waals surface area (Å²) in [5.41, 5.74) is 5.89. The molecule has 0 spiro atoms. The minimum absolute atomic E-state index is 0.0272. The number of nitrogens with zero attached hydrogens (tertiary/aromatic N) is 2. The highest BCUT2D eigenvalue weighted by atomic mass is 16.6. The van der Waals surface area contributed by atoms with Gasteiger partial charge in [0.25, 0.3) is 0 Å². The summed E-state index contributed by atoms with van der Waals surface area (Å²) in [5, 5.41) is 11.4. The zero-order valence-electron chi connectivity index (χ0n) is 11.5. The van der Waals surface area contributed by atoms with Crippen LogP contribution in [0.3, 0.4) is 0 Å². The van der Waals surface area contributed by atoms with Crippen molar-refractivity contribution in [2.75, 3.05) is 16.9 Å². The van der Waals surface area contributed by atoms with Crippen molar-refractivity contribution in [1.29, 1.82) is 0 Å². The van der Waals surface area contributed by atoms with Gasteiger partial charge in [-0.05, 0) is 29.7 Å². The van der Waals surface area contributed by atoms with Crippen LogP contribution in [0.1, 0.15) is 11.1 Å². The van der Waals surface area contributed by atoms with Gasteiger partial charge < -0.3 is 10.3 Å². The van der Waals surface area contributed by atoms with Crippen molar-refractivity contribution in [3.05, 3.63) is 63.7 Å². The van der Waals surface area contributed by atoms with Crippen molar-refractivity contribution in [2.24, 2.45) is 5.84 Å². The average molecular weight is 284 g/mol. The third kappa shape index (κ3) is 2.41. The molecule has 21 heavy (non-hydrogen) atoms. The first kappa shape index (κ1) is 13.4. The van der Waals surface area contributed by atoms with Gasteiger partial charge in [0.15, 0.2) is 0 Å². The third-order valence-corrected chi connectivity index (χ3v) is 3.82. The van der Waals surface area contributed by atoms with E-state index in [0.29, 0.717) is 17.9 Å². The average Bonchev–Trinajstić information content (AvgIpc) is 2.53. The van der Waals surface area contributed by atoms with Crippen LogP contribution >= 0.6 is 0 Å². The molecule has 0 unspecified atom stereocenters. The van der Waals surface area contributed by atoms with E-state index in [4.69, 9.17) is 5.84 Å². The number of benzene rings is 2. The van der Waals surface area contributed by atoms with Gasteiger partial charge in [0, 0.05) is 13.1 Å². The summed E-state index contributed by atoms with van der Waals surface area (Å²) in [5.74, 6) is 5.39. The van der Waals surface area contributed by atoms with Crippen molar-refractivity contribution in [1.82, 2.24) is 0 Å². The number of hydrogen-bond donors (Lipinski definition) is 2. The van der Waals surface area contributed by atoms with Crippen molar-refractivity contribution >= 4 is 17.1 Å². The molecular formula is C15H16N4O2. The van der Waals surface area contributed by atoms with Crippen molar-refractivity contribution in [2.45, 2.75) is 13.0 Å². The van der Waals surface area contributed by atoms with Crippen LogP contribution in [0.2, 0.25) is 0 Å². The highest BCUT2D eigenvalue weighted by Gasteiger charge is 2.25. The van der Waals surface area contributed by atoms with Gasteiger partial charge in [0.2, 0.25) is 0 Å². The normalized spacial score (nSPS) is 13.7. The molecule has 1 aliphatic rings. The van der Waals surface area contributed by atoms with E-state index in [1.165, 1.54) is 11.1 Å². The molecular weight excluding hydrogens is 268 g/mol. The standard InChI is InChI=1S/C15H16N4O2/c16-17-13-6-3-7-14(15(13)19(20)21)18-9-8-11-4-1-2-5-12(11)10-18/h1-7,17H,8-10,16H2. The lowest BCUT2D eigenvalue weighted by Crippen LogP contribution is -2.31. The first-order valence-electron chi connectivity index (χ1n) is 6.76. The smallest absolute Gasteiger partial charge is 0.316 e. The molecule has 0 aromatic heterocycles. The molecule has 3 N–H and O–H groups in total. The summed E-state index contributed by atoms with van der Waals surface area (Å²) >= 11 is 0. The predicted molar refractivity (Wildman–Crippen MR) is 82.1 cm³/mol. The Labute approximate surface area is 122 Å².